The smallest absolute Gasteiger partial charge is 0.225 e. The molecule has 1 aliphatic heterocycles. The Kier molecular flexibility index (Phi) is 3.65. The molecule has 1 aliphatic rings. The topological polar surface area (TPSA) is 29.1 Å². The Morgan fingerprint density at radius 3 is 2.67 bits per heavy atom. The minimum Gasteiger partial charge on any atom is -0.325 e. The highest BCUT2D eigenvalue weighted by Crippen LogP contribution is 2.46. The quantitative estimate of drug-likeness (QED) is 0.685. The summed E-state index contributed by atoms with van der Waals surface area (Å²) < 4.78 is 27.7. The van der Waals surface area contributed by atoms with Gasteiger partial charge in [-0.1, -0.05) is 30.3 Å². The number of hydrogen-bond donors (Lipinski definition) is 1. The van der Waals surface area contributed by atoms with Crippen molar-refractivity contribution >= 4 is 22.9 Å². The fraction of sp³-hybridized carbons (Fsp3) is 0.105. The van der Waals surface area contributed by atoms with Gasteiger partial charge in [0.15, 0.2) is 0 Å². The molecule has 1 N–H and O–H groups in total. The number of fused-ring (bicyclic) bond motifs is 1. The predicted molar refractivity (Wildman–Crippen MR) is 91.2 cm³/mol. The summed E-state index contributed by atoms with van der Waals surface area (Å²) in [5, 5.41) is 4.71. The number of carbonyl (C=O) groups excluding carboxylic acids is 1. The molecule has 4 rings (SSSR count). The van der Waals surface area contributed by atoms with Crippen LogP contribution in [-0.2, 0) is 4.79 Å². The van der Waals surface area contributed by atoms with Crippen LogP contribution in [0.2, 0.25) is 0 Å². The summed E-state index contributed by atoms with van der Waals surface area (Å²) in [4.78, 5) is 13.1. The van der Waals surface area contributed by atoms with Gasteiger partial charge in [0.25, 0.3) is 0 Å². The second-order valence-electron chi connectivity index (χ2n) is 5.73. The molecule has 5 heteroatoms. The van der Waals surface area contributed by atoms with Crippen molar-refractivity contribution in [2.24, 2.45) is 0 Å². The van der Waals surface area contributed by atoms with Gasteiger partial charge >= 0.3 is 0 Å². The van der Waals surface area contributed by atoms with Gasteiger partial charge in [-0.05, 0) is 23.8 Å². The number of anilines is 1. The summed E-state index contributed by atoms with van der Waals surface area (Å²) in [6.07, 6.45) is 0.258. The van der Waals surface area contributed by atoms with Crippen LogP contribution < -0.4 is 5.32 Å². The van der Waals surface area contributed by atoms with Crippen LogP contribution in [0.25, 0.3) is 11.1 Å². The Balaban J connectivity index is 1.85. The monoisotopic (exact) mass is 341 g/mol. The summed E-state index contributed by atoms with van der Waals surface area (Å²) >= 11 is 1.46. The second-order valence-corrected chi connectivity index (χ2v) is 6.64. The van der Waals surface area contributed by atoms with Gasteiger partial charge in [0.1, 0.15) is 11.6 Å². The first-order chi connectivity index (χ1) is 11.6. The average molecular weight is 341 g/mol. The fourth-order valence-electron chi connectivity index (χ4n) is 3.10. The highest BCUT2D eigenvalue weighted by molar-refractivity contribution is 7.11. The Labute approximate surface area is 141 Å². The van der Waals surface area contributed by atoms with E-state index in [0.717, 1.165) is 10.4 Å². The van der Waals surface area contributed by atoms with E-state index in [1.54, 1.807) is 24.3 Å². The third-order valence-corrected chi connectivity index (χ3v) is 5.30. The molecule has 1 aromatic heterocycles. The Hall–Kier alpha value is -2.53. The van der Waals surface area contributed by atoms with Crippen LogP contribution in [0.1, 0.15) is 22.8 Å². The number of amides is 1. The van der Waals surface area contributed by atoms with Gasteiger partial charge in [-0.25, -0.2) is 8.78 Å². The Bertz CT molecular complexity index is 935. The zero-order chi connectivity index (χ0) is 16.7. The lowest BCUT2D eigenvalue weighted by Gasteiger charge is -2.24. The molecule has 0 radical (unpaired) electrons. The zero-order valence-corrected chi connectivity index (χ0v) is 13.4. The van der Waals surface area contributed by atoms with Crippen molar-refractivity contribution in [3.05, 3.63) is 76.0 Å². The molecule has 0 spiro atoms. The minimum absolute atomic E-state index is 0.146. The number of halogens is 2. The van der Waals surface area contributed by atoms with Crippen LogP contribution in [0, 0.1) is 11.6 Å². The number of nitrogens with one attached hydrogen (secondary N) is 1. The molecule has 0 unspecified atom stereocenters. The zero-order valence-electron chi connectivity index (χ0n) is 12.6. The highest BCUT2D eigenvalue weighted by atomic mass is 32.1. The Morgan fingerprint density at radius 2 is 1.88 bits per heavy atom. The van der Waals surface area contributed by atoms with Gasteiger partial charge in [0.05, 0.1) is 5.69 Å². The Morgan fingerprint density at radius 1 is 1.04 bits per heavy atom. The van der Waals surface area contributed by atoms with E-state index in [0.29, 0.717) is 16.8 Å². The van der Waals surface area contributed by atoms with Crippen molar-refractivity contribution in [1.29, 1.82) is 0 Å². The minimum atomic E-state index is -0.333. The molecule has 1 amide bonds. The molecule has 2 heterocycles. The third-order valence-electron chi connectivity index (χ3n) is 4.20. The average Bonchev–Trinajstić information content (AvgIpc) is 2.98. The molecule has 0 saturated heterocycles. The number of carbonyl (C=O) groups is 1. The molecule has 0 bridgehead atoms. The van der Waals surface area contributed by atoms with Crippen molar-refractivity contribution < 1.29 is 13.6 Å². The van der Waals surface area contributed by atoms with Gasteiger partial charge in [-0.2, -0.15) is 0 Å². The van der Waals surface area contributed by atoms with E-state index in [-0.39, 0.29) is 29.9 Å². The lowest BCUT2D eigenvalue weighted by Crippen LogP contribution is -2.22. The summed E-state index contributed by atoms with van der Waals surface area (Å²) in [5.41, 5.74) is 2.52. The molecule has 0 fully saturated rings. The molecule has 1 atom stereocenters. The van der Waals surface area contributed by atoms with Crippen LogP contribution in [0.15, 0.2) is 53.9 Å². The molecule has 0 saturated carbocycles. The van der Waals surface area contributed by atoms with E-state index in [9.17, 15) is 13.6 Å². The lowest BCUT2D eigenvalue weighted by atomic mass is 9.89. The molecule has 3 aromatic rings. The summed E-state index contributed by atoms with van der Waals surface area (Å²) in [6, 6.07) is 12.8. The maximum atomic E-state index is 14.1. The van der Waals surface area contributed by atoms with E-state index in [4.69, 9.17) is 0 Å². The van der Waals surface area contributed by atoms with Crippen LogP contribution in [0.4, 0.5) is 14.5 Å². The van der Waals surface area contributed by atoms with E-state index >= 15 is 0 Å². The van der Waals surface area contributed by atoms with Gasteiger partial charge in [0, 0.05) is 33.7 Å². The van der Waals surface area contributed by atoms with E-state index in [1.807, 2.05) is 11.4 Å². The predicted octanol–water partition coefficient (Wildman–Crippen LogP) is 5.17. The number of benzene rings is 2. The van der Waals surface area contributed by atoms with Crippen LogP contribution in [-0.4, -0.2) is 5.91 Å². The summed E-state index contributed by atoms with van der Waals surface area (Å²) in [7, 11) is 0. The first-order valence-corrected chi connectivity index (χ1v) is 8.43. The van der Waals surface area contributed by atoms with Crippen molar-refractivity contribution in [2.75, 3.05) is 5.32 Å². The van der Waals surface area contributed by atoms with Gasteiger partial charge in [0.2, 0.25) is 5.91 Å². The SMILES string of the molecule is O=C1C[C@H](c2cccc(F)c2)c2scc(-c3ccccc3F)c2N1. The summed E-state index contributed by atoms with van der Waals surface area (Å²) in [6.45, 7) is 0. The molecule has 2 nitrogen and oxygen atoms in total. The van der Waals surface area contributed by atoms with Crippen LogP contribution in [0.5, 0.6) is 0 Å². The van der Waals surface area contributed by atoms with Gasteiger partial charge < -0.3 is 5.32 Å². The first-order valence-electron chi connectivity index (χ1n) is 7.55. The molecule has 2 aromatic carbocycles. The molecular weight excluding hydrogens is 328 g/mol. The highest BCUT2D eigenvalue weighted by Gasteiger charge is 2.31. The van der Waals surface area contributed by atoms with Gasteiger partial charge in [-0.15, -0.1) is 11.3 Å². The summed E-state index contributed by atoms with van der Waals surface area (Å²) in [5.74, 6) is -1.02. The fourth-order valence-corrected chi connectivity index (χ4v) is 4.25. The number of thiophene rings is 1. The van der Waals surface area contributed by atoms with Crippen LogP contribution in [0.3, 0.4) is 0 Å². The molecule has 24 heavy (non-hydrogen) atoms. The second kappa shape index (κ2) is 5.83. The lowest BCUT2D eigenvalue weighted by molar-refractivity contribution is -0.116. The van der Waals surface area contributed by atoms with Crippen molar-refractivity contribution in [3.63, 3.8) is 0 Å². The van der Waals surface area contributed by atoms with Gasteiger partial charge in [-0.3, -0.25) is 4.79 Å². The normalized spacial score (nSPS) is 16.6. The molecular formula is C19H13F2NOS. The van der Waals surface area contributed by atoms with Crippen LogP contribution >= 0.6 is 11.3 Å². The molecule has 0 aliphatic carbocycles. The maximum absolute atomic E-state index is 14.1. The molecule has 120 valence electrons. The third kappa shape index (κ3) is 2.51. The standard InChI is InChI=1S/C19H13F2NOS/c20-12-5-3-4-11(8-12)14-9-17(23)22-18-15(10-24-19(14)18)13-6-1-2-7-16(13)21/h1-8,10,14H,9H2,(H,22,23)/t14-/m1/s1. The van der Waals surface area contributed by atoms with Crippen molar-refractivity contribution in [1.82, 2.24) is 0 Å². The van der Waals surface area contributed by atoms with E-state index in [2.05, 4.69) is 5.32 Å². The number of hydrogen-bond acceptors (Lipinski definition) is 2. The maximum Gasteiger partial charge on any atom is 0.225 e. The van der Waals surface area contributed by atoms with E-state index < -0.39 is 0 Å². The number of rotatable bonds is 2. The van der Waals surface area contributed by atoms with Crippen molar-refractivity contribution in [2.45, 2.75) is 12.3 Å². The largest absolute Gasteiger partial charge is 0.325 e. The van der Waals surface area contributed by atoms with E-state index in [1.165, 1.54) is 29.5 Å². The first kappa shape index (κ1) is 15.0. The van der Waals surface area contributed by atoms with Crippen molar-refractivity contribution in [3.8, 4) is 11.1 Å².